The Morgan fingerprint density at radius 3 is 2.49 bits per heavy atom. The molecule has 206 valence electrons. The van der Waals surface area contributed by atoms with Crippen LogP contribution >= 0.6 is 27.3 Å². The van der Waals surface area contributed by atoms with Crippen molar-refractivity contribution in [1.82, 2.24) is 4.90 Å². The predicted octanol–water partition coefficient (Wildman–Crippen LogP) is 5.70. The Morgan fingerprint density at radius 2 is 1.79 bits per heavy atom. The van der Waals surface area contributed by atoms with E-state index < -0.39 is 18.5 Å². The summed E-state index contributed by atoms with van der Waals surface area (Å²) < 4.78 is 10.9. The number of carboxylic acids is 2. The molecule has 1 fully saturated rings. The molecule has 0 aliphatic carbocycles. The van der Waals surface area contributed by atoms with Crippen molar-refractivity contribution in [3.8, 4) is 21.9 Å². The fourth-order valence-corrected chi connectivity index (χ4v) is 6.15. The van der Waals surface area contributed by atoms with Gasteiger partial charge in [0.05, 0.1) is 16.5 Å². The van der Waals surface area contributed by atoms with Gasteiger partial charge in [0.1, 0.15) is 5.75 Å². The summed E-state index contributed by atoms with van der Waals surface area (Å²) >= 11 is 4.41. The molecule has 0 spiro atoms. The van der Waals surface area contributed by atoms with Gasteiger partial charge in [-0.15, -0.1) is 11.3 Å². The Morgan fingerprint density at radius 1 is 1.08 bits per heavy atom. The third kappa shape index (κ3) is 7.21. The number of thiophene rings is 1. The van der Waals surface area contributed by atoms with Crippen molar-refractivity contribution in [2.75, 3.05) is 44.0 Å². The highest BCUT2D eigenvalue weighted by atomic mass is 79.9. The Bertz CT molecular complexity index is 1350. The third-order valence-corrected chi connectivity index (χ3v) is 8.51. The van der Waals surface area contributed by atoms with Crippen LogP contribution in [-0.4, -0.2) is 66.4 Å². The van der Waals surface area contributed by atoms with E-state index in [1.807, 2.05) is 47.4 Å². The van der Waals surface area contributed by atoms with E-state index in [2.05, 4.69) is 26.6 Å². The first kappa shape index (κ1) is 28.2. The average molecular weight is 619 g/mol. The number of likely N-dealkylation sites (tertiary alicyclic amines) is 1. The van der Waals surface area contributed by atoms with Crippen LogP contribution in [0.15, 0.2) is 53.0 Å². The summed E-state index contributed by atoms with van der Waals surface area (Å²) in [7, 11) is 1.59. The molecule has 39 heavy (non-hydrogen) atoms. The lowest BCUT2D eigenvalue weighted by molar-refractivity contribution is -0.139. The number of carbonyl (C=O) groups excluding carboxylic acids is 1. The number of hydrogen-bond donors (Lipinski definition) is 4. The van der Waals surface area contributed by atoms with Gasteiger partial charge in [0.15, 0.2) is 17.2 Å². The zero-order valence-electron chi connectivity index (χ0n) is 21.1. The van der Waals surface area contributed by atoms with Gasteiger partial charge in [0.25, 0.3) is 0 Å². The van der Waals surface area contributed by atoms with Gasteiger partial charge in [0.2, 0.25) is 0 Å². The largest absolute Gasteiger partial charge is 0.497 e. The minimum atomic E-state index is -1.19. The van der Waals surface area contributed by atoms with Gasteiger partial charge in [-0.1, -0.05) is 18.2 Å². The van der Waals surface area contributed by atoms with E-state index in [1.54, 1.807) is 13.2 Å². The summed E-state index contributed by atoms with van der Waals surface area (Å²) in [6, 6.07) is 14.7. The fraction of sp³-hybridized carbons (Fsp3) is 0.296. The standard InChI is InChI=1S/C27H28BrN3O7S/c1-37-20-7-3-6-19(13-20)30-27(36)31-10-8-16(9-11-31)14-29-18-5-2-4-17(12-18)24-22(28)23(38-15-21(32)33)25(39-24)26(34)35/h2-7,12-13,16,29H,8-11,14-15H2,1H3,(H,30,36)(H,32,33)(H,34,35). The van der Waals surface area contributed by atoms with Crippen LogP contribution in [-0.2, 0) is 4.79 Å². The second-order valence-electron chi connectivity index (χ2n) is 8.95. The molecule has 1 saturated heterocycles. The van der Waals surface area contributed by atoms with Crippen LogP contribution in [0.5, 0.6) is 11.5 Å². The summed E-state index contributed by atoms with van der Waals surface area (Å²) in [6.07, 6.45) is 1.72. The highest BCUT2D eigenvalue weighted by molar-refractivity contribution is 9.10. The number of carbonyl (C=O) groups is 3. The highest BCUT2D eigenvalue weighted by Gasteiger charge is 2.25. The number of nitrogens with one attached hydrogen (secondary N) is 2. The van der Waals surface area contributed by atoms with Crippen LogP contribution in [0.1, 0.15) is 22.5 Å². The van der Waals surface area contributed by atoms with Crippen molar-refractivity contribution >= 4 is 56.6 Å². The molecule has 3 aromatic rings. The molecule has 10 nitrogen and oxygen atoms in total. The lowest BCUT2D eigenvalue weighted by Crippen LogP contribution is -2.42. The molecule has 0 saturated carbocycles. The maximum absolute atomic E-state index is 12.7. The summed E-state index contributed by atoms with van der Waals surface area (Å²) in [6.45, 7) is 1.40. The Labute approximate surface area is 237 Å². The monoisotopic (exact) mass is 617 g/mol. The first-order valence-corrected chi connectivity index (χ1v) is 13.8. The summed E-state index contributed by atoms with van der Waals surface area (Å²) in [4.78, 5) is 37.7. The molecule has 4 rings (SSSR count). The van der Waals surface area contributed by atoms with E-state index in [0.29, 0.717) is 39.8 Å². The maximum Gasteiger partial charge on any atom is 0.349 e. The second-order valence-corrected chi connectivity index (χ2v) is 10.8. The summed E-state index contributed by atoms with van der Waals surface area (Å²) in [5.74, 6) is -1.31. The maximum atomic E-state index is 12.7. The van der Waals surface area contributed by atoms with Crippen molar-refractivity contribution in [2.45, 2.75) is 12.8 Å². The number of anilines is 2. The molecule has 0 atom stereocenters. The lowest BCUT2D eigenvalue weighted by atomic mass is 9.97. The van der Waals surface area contributed by atoms with E-state index >= 15 is 0 Å². The smallest absolute Gasteiger partial charge is 0.349 e. The van der Waals surface area contributed by atoms with Gasteiger partial charge in [-0.3, -0.25) is 0 Å². The quantitative estimate of drug-likeness (QED) is 0.227. The molecule has 1 aliphatic rings. The van der Waals surface area contributed by atoms with Crippen LogP contribution in [0.3, 0.4) is 0 Å². The van der Waals surface area contributed by atoms with E-state index in [0.717, 1.165) is 42.0 Å². The zero-order chi connectivity index (χ0) is 27.9. The van der Waals surface area contributed by atoms with Crippen molar-refractivity contribution in [1.29, 1.82) is 0 Å². The van der Waals surface area contributed by atoms with Crippen LogP contribution in [0, 0.1) is 5.92 Å². The fourth-order valence-electron chi connectivity index (χ4n) is 4.26. The number of carboxylic acid groups (broad SMARTS) is 2. The van der Waals surface area contributed by atoms with Gasteiger partial charge in [0, 0.05) is 37.1 Å². The number of hydrogen-bond acceptors (Lipinski definition) is 7. The summed E-state index contributed by atoms with van der Waals surface area (Å²) in [5, 5.41) is 24.9. The van der Waals surface area contributed by atoms with Crippen LogP contribution < -0.4 is 20.1 Å². The molecule has 0 unspecified atom stereocenters. The molecule has 2 amide bonds. The topological polar surface area (TPSA) is 137 Å². The number of urea groups is 1. The molecule has 1 aliphatic heterocycles. The molecule has 2 heterocycles. The number of ether oxygens (including phenoxy) is 2. The van der Waals surface area contributed by atoms with Gasteiger partial charge < -0.3 is 35.2 Å². The van der Waals surface area contributed by atoms with Crippen molar-refractivity contribution in [3.63, 3.8) is 0 Å². The first-order valence-electron chi connectivity index (χ1n) is 12.2. The second kappa shape index (κ2) is 12.9. The first-order chi connectivity index (χ1) is 18.7. The number of piperidine rings is 1. The van der Waals surface area contributed by atoms with Crippen LogP contribution in [0.2, 0.25) is 0 Å². The molecule has 12 heteroatoms. The minimum Gasteiger partial charge on any atom is -0.497 e. The molecular weight excluding hydrogens is 590 g/mol. The molecule has 1 aromatic heterocycles. The SMILES string of the molecule is COc1cccc(NC(=O)N2CCC(CNc3cccc(-c4sc(C(=O)O)c(OCC(=O)O)c4Br)c3)CC2)c1. The number of rotatable bonds is 10. The Kier molecular flexibility index (Phi) is 9.31. The third-order valence-electron chi connectivity index (χ3n) is 6.29. The predicted molar refractivity (Wildman–Crippen MR) is 152 cm³/mol. The lowest BCUT2D eigenvalue weighted by Gasteiger charge is -2.32. The van der Waals surface area contributed by atoms with Gasteiger partial charge in [-0.2, -0.15) is 0 Å². The van der Waals surface area contributed by atoms with E-state index in [9.17, 15) is 19.5 Å². The molecular formula is C27H28BrN3O7S. The average Bonchev–Trinajstić information content (AvgIpc) is 3.27. The molecule has 0 bridgehead atoms. The van der Waals surface area contributed by atoms with Crippen LogP contribution in [0.25, 0.3) is 10.4 Å². The Balaban J connectivity index is 1.34. The number of nitrogens with zero attached hydrogens (tertiary/aromatic N) is 1. The van der Waals surface area contributed by atoms with Crippen molar-refractivity contribution < 1.29 is 34.1 Å². The van der Waals surface area contributed by atoms with Crippen molar-refractivity contribution in [3.05, 3.63) is 57.9 Å². The molecule has 4 N–H and O–H groups in total. The van der Waals surface area contributed by atoms with Gasteiger partial charge >= 0.3 is 18.0 Å². The number of aliphatic carboxylic acids is 1. The van der Waals surface area contributed by atoms with Crippen molar-refractivity contribution in [2.24, 2.45) is 5.92 Å². The van der Waals surface area contributed by atoms with E-state index in [1.165, 1.54) is 0 Å². The Hall–Kier alpha value is -3.77. The minimum absolute atomic E-state index is 0.00506. The molecule has 2 aromatic carbocycles. The van der Waals surface area contributed by atoms with E-state index in [-0.39, 0.29) is 16.7 Å². The number of amides is 2. The van der Waals surface area contributed by atoms with Crippen LogP contribution in [0.4, 0.5) is 16.2 Å². The normalized spacial score (nSPS) is 13.5. The highest BCUT2D eigenvalue weighted by Crippen LogP contribution is 2.46. The number of benzene rings is 2. The summed E-state index contributed by atoms with van der Waals surface area (Å²) in [5.41, 5.74) is 2.33. The van der Waals surface area contributed by atoms with E-state index in [4.69, 9.17) is 14.6 Å². The van der Waals surface area contributed by atoms with Gasteiger partial charge in [-0.25, -0.2) is 14.4 Å². The van der Waals surface area contributed by atoms with Gasteiger partial charge in [-0.05, 0) is 64.5 Å². The molecule has 0 radical (unpaired) electrons. The zero-order valence-corrected chi connectivity index (χ0v) is 23.5. The number of halogens is 1. The number of aromatic carboxylic acids is 1. The number of methoxy groups -OCH3 is 1.